The summed E-state index contributed by atoms with van der Waals surface area (Å²) in [6.45, 7) is 3.43. The normalized spacial score (nSPS) is 13.6. The Bertz CT molecular complexity index is 311. The minimum absolute atomic E-state index is 0.00247. The van der Waals surface area contributed by atoms with Crippen LogP contribution < -0.4 is 21.3 Å². The average molecular weight is 314 g/mol. The highest BCUT2D eigenvalue weighted by Crippen LogP contribution is 2.06. The summed E-state index contributed by atoms with van der Waals surface area (Å²) in [6, 6.07) is -0.248. The topological polar surface area (TPSA) is 82.3 Å². The van der Waals surface area contributed by atoms with Crippen LogP contribution in [0.5, 0.6) is 0 Å². The molecule has 4 N–H and O–H groups in total. The summed E-state index contributed by atoms with van der Waals surface area (Å²) in [7, 11) is 5.64. The van der Waals surface area contributed by atoms with Crippen molar-refractivity contribution in [2.75, 3.05) is 34.2 Å². The molecule has 0 aliphatic carbocycles. The highest BCUT2D eigenvalue weighted by atomic mass is 16.2. The van der Waals surface area contributed by atoms with Crippen LogP contribution in [0.3, 0.4) is 0 Å². The molecular weight excluding hydrogens is 280 g/mol. The molecule has 2 atom stereocenters. The molecule has 0 rings (SSSR count). The van der Waals surface area contributed by atoms with Crippen LogP contribution in [0.1, 0.15) is 45.4 Å². The number of nitrogens with one attached hydrogen (secondary N) is 4. The summed E-state index contributed by atoms with van der Waals surface area (Å²) >= 11 is 0. The van der Waals surface area contributed by atoms with E-state index in [-0.39, 0.29) is 23.8 Å². The van der Waals surface area contributed by atoms with Crippen LogP contribution in [0.2, 0.25) is 0 Å². The van der Waals surface area contributed by atoms with Gasteiger partial charge in [-0.1, -0.05) is 6.42 Å². The van der Waals surface area contributed by atoms with E-state index in [0.29, 0.717) is 6.42 Å². The highest BCUT2D eigenvalue weighted by Gasteiger charge is 2.20. The van der Waals surface area contributed by atoms with Crippen LogP contribution >= 0.6 is 0 Å². The van der Waals surface area contributed by atoms with Gasteiger partial charge in [0.25, 0.3) is 0 Å². The second-order valence-electron chi connectivity index (χ2n) is 5.80. The molecule has 0 aliphatic heterocycles. The Morgan fingerprint density at radius 3 is 2.09 bits per heavy atom. The van der Waals surface area contributed by atoms with Gasteiger partial charge in [-0.3, -0.25) is 9.59 Å². The number of unbranched alkanes of at least 4 members (excludes halogenated alkanes) is 1. The van der Waals surface area contributed by atoms with E-state index < -0.39 is 0 Å². The number of carbonyl (C=O) groups excluding carboxylic acids is 2. The minimum atomic E-state index is -0.185. The standard InChI is InChI=1S/C16H34N4O2/c1-13(21)12-14(8-7-11-18-3)20-16(22)15(19-4)9-5-6-10-17-2/h14-15,17-19H,5-12H2,1-4H3,(H,20,22). The van der Waals surface area contributed by atoms with Gasteiger partial charge in [-0.25, -0.2) is 0 Å². The second-order valence-corrected chi connectivity index (χ2v) is 5.80. The van der Waals surface area contributed by atoms with Gasteiger partial charge in [0.05, 0.1) is 6.04 Å². The maximum Gasteiger partial charge on any atom is 0.237 e. The fourth-order valence-corrected chi connectivity index (χ4v) is 2.46. The van der Waals surface area contributed by atoms with Crippen molar-refractivity contribution < 1.29 is 9.59 Å². The van der Waals surface area contributed by atoms with Gasteiger partial charge in [0.1, 0.15) is 5.78 Å². The molecule has 6 heteroatoms. The van der Waals surface area contributed by atoms with E-state index in [4.69, 9.17) is 0 Å². The number of Topliss-reactive ketones (excluding diaryl/α,β-unsaturated/α-hetero) is 1. The molecule has 0 aliphatic rings. The zero-order valence-corrected chi connectivity index (χ0v) is 14.6. The first-order chi connectivity index (χ1) is 10.5. The van der Waals surface area contributed by atoms with Gasteiger partial charge < -0.3 is 21.3 Å². The first-order valence-corrected chi connectivity index (χ1v) is 8.31. The first-order valence-electron chi connectivity index (χ1n) is 8.31. The lowest BCUT2D eigenvalue weighted by atomic mass is 10.0. The maximum absolute atomic E-state index is 12.3. The third-order valence-corrected chi connectivity index (χ3v) is 3.69. The molecule has 0 aromatic rings. The van der Waals surface area contributed by atoms with E-state index in [1.54, 1.807) is 6.92 Å². The summed E-state index contributed by atoms with van der Waals surface area (Å²) in [5.41, 5.74) is 0. The third-order valence-electron chi connectivity index (χ3n) is 3.69. The Kier molecular flexibility index (Phi) is 13.1. The van der Waals surface area contributed by atoms with E-state index in [1.165, 1.54) is 0 Å². The first kappa shape index (κ1) is 21.0. The minimum Gasteiger partial charge on any atom is -0.352 e. The monoisotopic (exact) mass is 314 g/mol. The van der Waals surface area contributed by atoms with E-state index in [0.717, 1.165) is 45.2 Å². The van der Waals surface area contributed by atoms with E-state index in [9.17, 15) is 9.59 Å². The molecule has 2 unspecified atom stereocenters. The lowest BCUT2D eigenvalue weighted by Crippen LogP contribution is -2.47. The van der Waals surface area contributed by atoms with Crippen LogP contribution in [0.15, 0.2) is 0 Å². The molecule has 0 aromatic heterocycles. The number of ketones is 1. The zero-order chi connectivity index (χ0) is 16.8. The van der Waals surface area contributed by atoms with Crippen LogP contribution in [-0.4, -0.2) is 58.0 Å². The van der Waals surface area contributed by atoms with Crippen molar-refractivity contribution in [2.45, 2.75) is 57.5 Å². The average Bonchev–Trinajstić information content (AvgIpc) is 2.46. The molecule has 6 nitrogen and oxygen atoms in total. The summed E-state index contributed by atoms with van der Waals surface area (Å²) in [5, 5.41) is 12.3. The molecule has 0 radical (unpaired) electrons. The largest absolute Gasteiger partial charge is 0.352 e. The molecule has 0 saturated carbocycles. The molecule has 0 saturated heterocycles. The van der Waals surface area contributed by atoms with Gasteiger partial charge in [0.15, 0.2) is 0 Å². The number of hydrogen-bond donors (Lipinski definition) is 4. The second kappa shape index (κ2) is 13.7. The van der Waals surface area contributed by atoms with Crippen molar-refractivity contribution in [1.29, 1.82) is 0 Å². The zero-order valence-electron chi connectivity index (χ0n) is 14.6. The van der Waals surface area contributed by atoms with Crippen molar-refractivity contribution in [2.24, 2.45) is 0 Å². The van der Waals surface area contributed by atoms with Crippen molar-refractivity contribution in [3.63, 3.8) is 0 Å². The van der Waals surface area contributed by atoms with Crippen molar-refractivity contribution >= 4 is 11.7 Å². The Balaban J connectivity index is 4.31. The molecule has 0 fully saturated rings. The van der Waals surface area contributed by atoms with Gasteiger partial charge in [-0.2, -0.15) is 0 Å². The third kappa shape index (κ3) is 10.7. The Morgan fingerprint density at radius 1 is 0.909 bits per heavy atom. The Hall–Kier alpha value is -0.980. The number of carbonyl (C=O) groups is 2. The van der Waals surface area contributed by atoms with E-state index in [1.807, 2.05) is 21.1 Å². The van der Waals surface area contributed by atoms with Crippen LogP contribution in [0.4, 0.5) is 0 Å². The highest BCUT2D eigenvalue weighted by molar-refractivity contribution is 5.83. The quantitative estimate of drug-likeness (QED) is 0.350. The summed E-state index contributed by atoms with van der Waals surface area (Å²) in [4.78, 5) is 23.7. The molecule has 0 aromatic carbocycles. The van der Waals surface area contributed by atoms with Gasteiger partial charge in [-0.15, -0.1) is 0 Å². The summed E-state index contributed by atoms with van der Waals surface area (Å²) < 4.78 is 0. The smallest absolute Gasteiger partial charge is 0.237 e. The molecule has 130 valence electrons. The predicted molar refractivity (Wildman–Crippen MR) is 91.0 cm³/mol. The van der Waals surface area contributed by atoms with Gasteiger partial charge in [-0.05, 0) is 66.8 Å². The SMILES string of the molecule is CNCCCCC(NC)C(=O)NC(CCCNC)CC(C)=O. The number of likely N-dealkylation sites (N-methyl/N-ethyl adjacent to an activating group) is 1. The van der Waals surface area contributed by atoms with Crippen molar-refractivity contribution in [3.05, 3.63) is 0 Å². The fourth-order valence-electron chi connectivity index (χ4n) is 2.46. The van der Waals surface area contributed by atoms with Crippen LogP contribution in [-0.2, 0) is 9.59 Å². The molecule has 1 amide bonds. The van der Waals surface area contributed by atoms with Gasteiger partial charge in [0.2, 0.25) is 5.91 Å². The van der Waals surface area contributed by atoms with Crippen LogP contribution in [0, 0.1) is 0 Å². The molecule has 0 heterocycles. The molecule has 0 bridgehead atoms. The molecule has 0 spiro atoms. The predicted octanol–water partition coefficient (Wildman–Crippen LogP) is 0.428. The number of amides is 1. The lowest BCUT2D eigenvalue weighted by molar-refractivity contribution is -0.124. The van der Waals surface area contributed by atoms with E-state index in [2.05, 4.69) is 21.3 Å². The number of hydrogen-bond acceptors (Lipinski definition) is 5. The van der Waals surface area contributed by atoms with E-state index >= 15 is 0 Å². The van der Waals surface area contributed by atoms with Crippen molar-refractivity contribution in [3.8, 4) is 0 Å². The number of rotatable bonds is 14. The van der Waals surface area contributed by atoms with Crippen LogP contribution in [0.25, 0.3) is 0 Å². The lowest BCUT2D eigenvalue weighted by Gasteiger charge is -2.22. The maximum atomic E-state index is 12.3. The Morgan fingerprint density at radius 2 is 1.55 bits per heavy atom. The summed E-state index contributed by atoms with van der Waals surface area (Å²) in [5.74, 6) is 0.118. The molecular formula is C16H34N4O2. The summed E-state index contributed by atoms with van der Waals surface area (Å²) in [6.07, 6.45) is 5.04. The van der Waals surface area contributed by atoms with Crippen molar-refractivity contribution in [1.82, 2.24) is 21.3 Å². The van der Waals surface area contributed by atoms with Gasteiger partial charge >= 0.3 is 0 Å². The molecule has 22 heavy (non-hydrogen) atoms. The Labute approximate surface area is 135 Å². The fraction of sp³-hybridized carbons (Fsp3) is 0.875. The van der Waals surface area contributed by atoms with Gasteiger partial charge in [0, 0.05) is 12.5 Å².